The summed E-state index contributed by atoms with van der Waals surface area (Å²) in [6.45, 7) is 12.1. The van der Waals surface area contributed by atoms with Gasteiger partial charge in [-0.2, -0.15) is 0 Å². The van der Waals surface area contributed by atoms with Crippen molar-refractivity contribution in [1.82, 2.24) is 25.2 Å². The molecule has 0 bridgehead atoms. The van der Waals surface area contributed by atoms with Crippen LogP contribution >= 0.6 is 0 Å². The molecule has 5 heteroatoms. The lowest BCUT2D eigenvalue weighted by atomic mass is 10.1. The molecule has 2 rings (SSSR count). The number of aromatic nitrogens is 3. The minimum Gasteiger partial charge on any atom is -0.311 e. The van der Waals surface area contributed by atoms with E-state index in [0.29, 0.717) is 6.04 Å². The van der Waals surface area contributed by atoms with Crippen molar-refractivity contribution in [3.63, 3.8) is 0 Å². The van der Waals surface area contributed by atoms with Crippen molar-refractivity contribution in [2.45, 2.75) is 52.6 Å². The number of hydrogen-bond donors (Lipinski definition) is 1. The Morgan fingerprint density at radius 3 is 2.89 bits per heavy atom. The highest BCUT2D eigenvalue weighted by molar-refractivity contribution is 5.13. The summed E-state index contributed by atoms with van der Waals surface area (Å²) in [5.74, 6) is 0. The number of nitrogens with zero attached hydrogens (tertiary/aromatic N) is 4. The lowest BCUT2D eigenvalue weighted by molar-refractivity contribution is 0.284. The zero-order valence-corrected chi connectivity index (χ0v) is 12.5. The zero-order chi connectivity index (χ0) is 13.7. The molecule has 1 aromatic rings. The van der Waals surface area contributed by atoms with Gasteiger partial charge in [0.15, 0.2) is 0 Å². The minimum atomic E-state index is 0.463. The van der Waals surface area contributed by atoms with Gasteiger partial charge in [0.25, 0.3) is 0 Å². The van der Waals surface area contributed by atoms with Crippen LogP contribution in [0.3, 0.4) is 0 Å². The number of rotatable bonds is 7. The Kier molecular flexibility index (Phi) is 5.34. The molecular formula is C14H27N5. The van der Waals surface area contributed by atoms with Crippen molar-refractivity contribution >= 4 is 0 Å². The van der Waals surface area contributed by atoms with Crippen molar-refractivity contribution in [1.29, 1.82) is 0 Å². The summed E-state index contributed by atoms with van der Waals surface area (Å²) in [4.78, 5) is 2.48. The van der Waals surface area contributed by atoms with E-state index in [1.807, 2.05) is 0 Å². The molecule has 19 heavy (non-hydrogen) atoms. The first-order valence-corrected chi connectivity index (χ1v) is 7.62. The fourth-order valence-electron chi connectivity index (χ4n) is 2.78. The van der Waals surface area contributed by atoms with Crippen LogP contribution in [0, 0.1) is 0 Å². The van der Waals surface area contributed by atoms with Crippen LogP contribution in [0.1, 0.15) is 51.0 Å². The fourth-order valence-corrected chi connectivity index (χ4v) is 2.78. The third-order valence-electron chi connectivity index (χ3n) is 4.11. The normalized spacial score (nSPS) is 16.6. The van der Waals surface area contributed by atoms with Crippen LogP contribution in [0.25, 0.3) is 0 Å². The van der Waals surface area contributed by atoms with Gasteiger partial charge in [0.05, 0.1) is 17.4 Å². The van der Waals surface area contributed by atoms with Gasteiger partial charge >= 0.3 is 0 Å². The second-order valence-corrected chi connectivity index (χ2v) is 5.37. The fraction of sp³-hybridized carbons (Fsp3) is 0.857. The first kappa shape index (κ1) is 14.5. The third-order valence-corrected chi connectivity index (χ3v) is 4.11. The van der Waals surface area contributed by atoms with E-state index in [9.17, 15) is 0 Å². The highest BCUT2D eigenvalue weighted by atomic mass is 15.4. The Hall–Kier alpha value is -0.940. The quantitative estimate of drug-likeness (QED) is 0.813. The number of fused-ring (bicyclic) bond motifs is 1. The van der Waals surface area contributed by atoms with Crippen LogP contribution in [0.4, 0.5) is 0 Å². The molecule has 1 aliphatic heterocycles. The largest absolute Gasteiger partial charge is 0.311 e. The third kappa shape index (κ3) is 3.54. The molecule has 0 saturated carbocycles. The van der Waals surface area contributed by atoms with Gasteiger partial charge in [0.2, 0.25) is 0 Å². The summed E-state index contributed by atoms with van der Waals surface area (Å²) < 4.78 is 2.15. The Morgan fingerprint density at radius 2 is 2.16 bits per heavy atom. The topological polar surface area (TPSA) is 46.0 Å². The van der Waals surface area contributed by atoms with E-state index >= 15 is 0 Å². The Labute approximate surface area is 116 Å². The van der Waals surface area contributed by atoms with Crippen molar-refractivity contribution in [3.05, 3.63) is 11.4 Å². The summed E-state index contributed by atoms with van der Waals surface area (Å²) in [7, 11) is 0. The predicted molar refractivity (Wildman–Crippen MR) is 77.2 cm³/mol. The SMILES string of the molecule is CCN(CC)CCCC(C)n1nnc2c1CCNC2. The molecule has 5 nitrogen and oxygen atoms in total. The smallest absolute Gasteiger partial charge is 0.0997 e. The van der Waals surface area contributed by atoms with Crippen LogP contribution in [-0.2, 0) is 13.0 Å². The maximum absolute atomic E-state index is 4.35. The standard InChI is InChI=1S/C14H27N5/c1-4-18(5-2)10-6-7-12(3)19-14-8-9-15-11-13(14)16-17-19/h12,15H,4-11H2,1-3H3. The molecule has 108 valence electrons. The van der Waals surface area contributed by atoms with Gasteiger partial charge in [-0.25, -0.2) is 4.68 Å². The molecule has 1 N–H and O–H groups in total. The maximum atomic E-state index is 4.35. The molecule has 1 unspecified atom stereocenters. The number of hydrogen-bond acceptors (Lipinski definition) is 4. The van der Waals surface area contributed by atoms with E-state index in [4.69, 9.17) is 0 Å². The summed E-state index contributed by atoms with van der Waals surface area (Å²) in [6.07, 6.45) is 3.47. The first-order chi connectivity index (χ1) is 9.26. The molecule has 2 heterocycles. The van der Waals surface area contributed by atoms with Crippen LogP contribution in [0.5, 0.6) is 0 Å². The van der Waals surface area contributed by atoms with Crippen molar-refractivity contribution < 1.29 is 0 Å². The first-order valence-electron chi connectivity index (χ1n) is 7.62. The van der Waals surface area contributed by atoms with E-state index < -0.39 is 0 Å². The van der Waals surface area contributed by atoms with E-state index in [-0.39, 0.29) is 0 Å². The minimum absolute atomic E-state index is 0.463. The summed E-state index contributed by atoms with van der Waals surface area (Å²) in [6, 6.07) is 0.463. The Morgan fingerprint density at radius 1 is 1.37 bits per heavy atom. The van der Waals surface area contributed by atoms with Crippen LogP contribution in [0.15, 0.2) is 0 Å². The summed E-state index contributed by atoms with van der Waals surface area (Å²) >= 11 is 0. The molecule has 0 saturated heterocycles. The van der Waals surface area contributed by atoms with Gasteiger partial charge < -0.3 is 10.2 Å². The molecule has 1 aromatic heterocycles. The molecular weight excluding hydrogens is 238 g/mol. The van der Waals surface area contributed by atoms with Crippen molar-refractivity contribution in [2.24, 2.45) is 0 Å². The molecule has 0 spiro atoms. The van der Waals surface area contributed by atoms with Crippen LogP contribution in [-0.4, -0.2) is 46.1 Å². The molecule has 0 aromatic carbocycles. The second-order valence-electron chi connectivity index (χ2n) is 5.37. The highest BCUT2D eigenvalue weighted by Crippen LogP contribution is 2.19. The lowest BCUT2D eigenvalue weighted by Gasteiger charge is -2.21. The van der Waals surface area contributed by atoms with Gasteiger partial charge in [0, 0.05) is 19.5 Å². The number of nitrogens with one attached hydrogen (secondary N) is 1. The average Bonchev–Trinajstić information content (AvgIpc) is 2.87. The highest BCUT2D eigenvalue weighted by Gasteiger charge is 2.19. The second kappa shape index (κ2) is 7.01. The summed E-state index contributed by atoms with van der Waals surface area (Å²) in [5, 5.41) is 12.0. The van der Waals surface area contributed by atoms with Gasteiger partial charge in [0.1, 0.15) is 0 Å². The van der Waals surface area contributed by atoms with Gasteiger partial charge in [-0.3, -0.25) is 0 Å². The van der Waals surface area contributed by atoms with Crippen LogP contribution < -0.4 is 5.32 Å². The monoisotopic (exact) mass is 265 g/mol. The molecule has 1 aliphatic rings. The maximum Gasteiger partial charge on any atom is 0.0997 e. The molecule has 0 fully saturated rings. The Bertz CT molecular complexity index is 383. The van der Waals surface area contributed by atoms with Gasteiger partial charge in [-0.1, -0.05) is 19.1 Å². The summed E-state index contributed by atoms with van der Waals surface area (Å²) in [5.41, 5.74) is 2.48. The van der Waals surface area contributed by atoms with E-state index in [0.717, 1.165) is 38.3 Å². The Balaban J connectivity index is 1.86. The van der Waals surface area contributed by atoms with Crippen molar-refractivity contribution in [3.8, 4) is 0 Å². The lowest BCUT2D eigenvalue weighted by Crippen LogP contribution is -2.26. The van der Waals surface area contributed by atoms with E-state index in [1.54, 1.807) is 0 Å². The van der Waals surface area contributed by atoms with Crippen LogP contribution in [0.2, 0.25) is 0 Å². The molecule has 1 atom stereocenters. The predicted octanol–water partition coefficient (Wildman–Crippen LogP) is 1.61. The molecule has 0 amide bonds. The average molecular weight is 265 g/mol. The van der Waals surface area contributed by atoms with Crippen molar-refractivity contribution in [2.75, 3.05) is 26.2 Å². The van der Waals surface area contributed by atoms with E-state index in [1.165, 1.54) is 25.1 Å². The molecule has 0 aliphatic carbocycles. The van der Waals surface area contributed by atoms with E-state index in [2.05, 4.69) is 46.0 Å². The zero-order valence-electron chi connectivity index (χ0n) is 12.5. The van der Waals surface area contributed by atoms with Gasteiger partial charge in [-0.05, 0) is 39.4 Å². The van der Waals surface area contributed by atoms with Gasteiger partial charge in [-0.15, -0.1) is 5.10 Å². The molecule has 0 radical (unpaired) electrons.